The second-order valence-electron chi connectivity index (χ2n) is 13.2. The van der Waals surface area contributed by atoms with Gasteiger partial charge in [-0.25, -0.2) is 13.4 Å². The topological polar surface area (TPSA) is 100 Å². The molecule has 1 fully saturated rings. The number of fused-ring (bicyclic) bond motifs is 1. The molecule has 0 bridgehead atoms. The first-order valence-electron chi connectivity index (χ1n) is 17.1. The first kappa shape index (κ1) is 34.6. The number of nitrogens with zero attached hydrogens (tertiary/aromatic N) is 5. The summed E-state index contributed by atoms with van der Waals surface area (Å²) in [7, 11) is -3.37. The summed E-state index contributed by atoms with van der Waals surface area (Å²) in [6.07, 6.45) is 5.39. The zero-order valence-electron chi connectivity index (χ0n) is 28.3. The van der Waals surface area contributed by atoms with E-state index in [0.29, 0.717) is 23.6 Å². The number of benzene rings is 3. The Hall–Kier alpha value is -3.87. The molecule has 2 aliphatic rings. The normalized spacial score (nSPS) is 16.0. The maximum Gasteiger partial charge on any atom is 0.251 e. The van der Waals surface area contributed by atoms with Crippen molar-refractivity contribution in [2.24, 2.45) is 0 Å². The zero-order valence-corrected chi connectivity index (χ0v) is 30.7. The molecule has 7 rings (SSSR count). The van der Waals surface area contributed by atoms with E-state index in [-0.39, 0.29) is 18.5 Å². The van der Waals surface area contributed by atoms with Gasteiger partial charge in [0.05, 0.1) is 23.7 Å². The van der Waals surface area contributed by atoms with Crippen molar-refractivity contribution >= 4 is 38.9 Å². The summed E-state index contributed by atoms with van der Waals surface area (Å²) in [6, 6.07) is 22.9. The van der Waals surface area contributed by atoms with E-state index >= 15 is 0 Å². The summed E-state index contributed by atoms with van der Waals surface area (Å²) in [6.45, 7) is 6.79. The SMILES string of the molecule is C[C@@H](NC(=O)c1cccc(-c2cc(-c3nn(CCCN4CCCC4)c4c3CN(S(C)(=O)=O)CC4)ccc2Cl)c1)c1nc(-c2ccccc2)cs1. The molecule has 0 radical (unpaired) electrons. The van der Waals surface area contributed by atoms with E-state index in [9.17, 15) is 13.2 Å². The van der Waals surface area contributed by atoms with Crippen LogP contribution < -0.4 is 5.32 Å². The van der Waals surface area contributed by atoms with E-state index in [0.717, 1.165) is 82.5 Å². The third-order valence-corrected chi connectivity index (χ3v) is 12.2. The summed E-state index contributed by atoms with van der Waals surface area (Å²) in [5.41, 5.74) is 7.68. The molecule has 3 aromatic carbocycles. The van der Waals surface area contributed by atoms with Gasteiger partial charge in [-0.1, -0.05) is 60.1 Å². The van der Waals surface area contributed by atoms with Crippen LogP contribution in [-0.4, -0.2) is 70.7 Å². The Labute approximate surface area is 303 Å². The molecular formula is C38H41ClN6O3S2. The van der Waals surface area contributed by atoms with Crippen LogP contribution in [0.25, 0.3) is 33.6 Å². The Morgan fingerprint density at radius 2 is 1.74 bits per heavy atom. The predicted octanol–water partition coefficient (Wildman–Crippen LogP) is 7.29. The minimum atomic E-state index is -3.37. The van der Waals surface area contributed by atoms with Crippen molar-refractivity contribution in [1.29, 1.82) is 0 Å². The van der Waals surface area contributed by atoms with Gasteiger partial charge in [-0.15, -0.1) is 11.3 Å². The highest BCUT2D eigenvalue weighted by atomic mass is 35.5. The van der Waals surface area contributed by atoms with E-state index < -0.39 is 10.0 Å². The van der Waals surface area contributed by atoms with Crippen LogP contribution in [0.1, 0.15) is 58.9 Å². The van der Waals surface area contributed by atoms with Gasteiger partial charge in [-0.3, -0.25) is 9.48 Å². The van der Waals surface area contributed by atoms with Crippen molar-refractivity contribution in [2.75, 3.05) is 32.4 Å². The second-order valence-corrected chi connectivity index (χ2v) is 16.4. The zero-order chi connectivity index (χ0) is 34.8. The summed E-state index contributed by atoms with van der Waals surface area (Å²) < 4.78 is 28.8. The fraction of sp³-hybridized carbons (Fsp3) is 0.342. The van der Waals surface area contributed by atoms with Gasteiger partial charge in [0.15, 0.2) is 0 Å². The molecule has 0 unspecified atom stereocenters. The monoisotopic (exact) mass is 728 g/mol. The van der Waals surface area contributed by atoms with Gasteiger partial charge in [0.2, 0.25) is 10.0 Å². The number of halogens is 1. The number of hydrogen-bond acceptors (Lipinski definition) is 7. The predicted molar refractivity (Wildman–Crippen MR) is 201 cm³/mol. The highest BCUT2D eigenvalue weighted by molar-refractivity contribution is 7.88. The number of aromatic nitrogens is 3. The van der Waals surface area contributed by atoms with Gasteiger partial charge < -0.3 is 10.2 Å². The lowest BCUT2D eigenvalue weighted by Crippen LogP contribution is -2.35. The Bertz CT molecular complexity index is 2110. The molecule has 4 heterocycles. The van der Waals surface area contributed by atoms with Gasteiger partial charge in [-0.05, 0) is 75.6 Å². The van der Waals surface area contributed by atoms with Crippen molar-refractivity contribution in [1.82, 2.24) is 29.3 Å². The average Bonchev–Trinajstić information content (AvgIpc) is 3.90. The van der Waals surface area contributed by atoms with Crippen molar-refractivity contribution in [3.63, 3.8) is 0 Å². The first-order valence-corrected chi connectivity index (χ1v) is 20.2. The lowest BCUT2D eigenvalue weighted by Gasteiger charge is -2.26. The van der Waals surface area contributed by atoms with Crippen LogP contribution in [0, 0.1) is 0 Å². The molecule has 1 N–H and O–H groups in total. The van der Waals surface area contributed by atoms with E-state index in [2.05, 4.69) is 14.9 Å². The first-order chi connectivity index (χ1) is 24.1. The molecule has 2 aromatic heterocycles. The minimum absolute atomic E-state index is 0.203. The van der Waals surface area contributed by atoms with E-state index in [1.165, 1.54) is 34.7 Å². The number of nitrogens with one attached hydrogen (secondary N) is 1. The number of carbonyl (C=O) groups is 1. The molecule has 0 saturated carbocycles. The fourth-order valence-electron chi connectivity index (χ4n) is 6.91. The van der Waals surface area contributed by atoms with Gasteiger partial charge in [0, 0.05) is 70.0 Å². The number of amides is 1. The van der Waals surface area contributed by atoms with Crippen LogP contribution in [0.2, 0.25) is 5.02 Å². The maximum absolute atomic E-state index is 13.5. The molecule has 0 aliphatic carbocycles. The maximum atomic E-state index is 13.5. The van der Waals surface area contributed by atoms with Crippen molar-refractivity contribution in [3.8, 4) is 33.6 Å². The molecule has 2 aliphatic heterocycles. The van der Waals surface area contributed by atoms with Gasteiger partial charge in [0.1, 0.15) is 5.01 Å². The third-order valence-electron chi connectivity index (χ3n) is 9.60. The smallest absolute Gasteiger partial charge is 0.251 e. The molecule has 0 spiro atoms. The lowest BCUT2D eigenvalue weighted by molar-refractivity contribution is 0.0940. The van der Waals surface area contributed by atoms with E-state index in [4.69, 9.17) is 21.7 Å². The second kappa shape index (κ2) is 14.8. The number of likely N-dealkylation sites (tertiary alicyclic amines) is 1. The number of carbonyl (C=O) groups excluding carboxylic acids is 1. The largest absolute Gasteiger partial charge is 0.343 e. The fourth-order valence-corrected chi connectivity index (χ4v) is 8.76. The van der Waals surface area contributed by atoms with Crippen molar-refractivity contribution in [3.05, 3.63) is 105 Å². The number of thiazole rings is 1. The molecule has 260 valence electrons. The molecular weight excluding hydrogens is 688 g/mol. The Balaban J connectivity index is 1.13. The van der Waals surface area contributed by atoms with Crippen LogP contribution in [-0.2, 0) is 29.5 Å². The molecule has 5 aromatic rings. The van der Waals surface area contributed by atoms with Gasteiger partial charge in [-0.2, -0.15) is 9.40 Å². The Kier molecular flexibility index (Phi) is 10.2. The Morgan fingerprint density at radius 3 is 2.52 bits per heavy atom. The molecule has 1 saturated heterocycles. The highest BCUT2D eigenvalue weighted by Crippen LogP contribution is 2.37. The highest BCUT2D eigenvalue weighted by Gasteiger charge is 2.30. The van der Waals surface area contributed by atoms with Gasteiger partial charge >= 0.3 is 0 Å². The third kappa shape index (κ3) is 7.57. The summed E-state index contributed by atoms with van der Waals surface area (Å²) in [5, 5.41) is 11.6. The summed E-state index contributed by atoms with van der Waals surface area (Å²) >= 11 is 8.33. The lowest BCUT2D eigenvalue weighted by atomic mass is 9.97. The molecule has 50 heavy (non-hydrogen) atoms. The molecule has 1 atom stereocenters. The molecule has 12 heteroatoms. The van der Waals surface area contributed by atoms with Gasteiger partial charge in [0.25, 0.3) is 5.91 Å². The van der Waals surface area contributed by atoms with Crippen LogP contribution in [0.3, 0.4) is 0 Å². The molecule has 9 nitrogen and oxygen atoms in total. The van der Waals surface area contributed by atoms with Crippen molar-refractivity contribution in [2.45, 2.75) is 51.7 Å². The van der Waals surface area contributed by atoms with Crippen LogP contribution in [0.5, 0.6) is 0 Å². The van der Waals surface area contributed by atoms with Crippen LogP contribution in [0.15, 0.2) is 78.2 Å². The van der Waals surface area contributed by atoms with Crippen LogP contribution >= 0.6 is 22.9 Å². The minimum Gasteiger partial charge on any atom is -0.343 e. The van der Waals surface area contributed by atoms with Crippen LogP contribution in [0.4, 0.5) is 0 Å². The van der Waals surface area contributed by atoms with Crippen molar-refractivity contribution < 1.29 is 13.2 Å². The average molecular weight is 729 g/mol. The quantitative estimate of drug-likeness (QED) is 0.153. The number of aryl methyl sites for hydroxylation is 1. The Morgan fingerprint density at radius 1 is 0.960 bits per heavy atom. The standard InChI is InChI=1S/C38H41ClN6O3S2/c1-26(38-41-34(25-49-38)27-10-4-3-5-11-27)40-37(46)30-13-8-12-28(22-30)31-23-29(14-15-33(31)39)36-32-24-44(50(2,47)48)21-16-35(32)45(42-36)20-9-19-43-17-6-7-18-43/h3-5,8,10-15,22-23,25-26H,6-7,9,16-21,24H2,1-2H3,(H,40,46)/t26-/m1/s1. The van der Waals surface area contributed by atoms with E-state index in [1.807, 2.05) is 79.0 Å². The number of rotatable bonds is 11. The summed E-state index contributed by atoms with van der Waals surface area (Å²) in [5.74, 6) is -0.203. The number of sulfonamides is 1. The summed E-state index contributed by atoms with van der Waals surface area (Å²) in [4.78, 5) is 20.7. The molecule has 1 amide bonds. The van der Waals surface area contributed by atoms with E-state index in [1.54, 1.807) is 6.07 Å². The number of hydrogen-bond donors (Lipinski definition) is 1.